The molecule has 0 unspecified atom stereocenters. The van der Waals surface area contributed by atoms with E-state index in [1.165, 1.54) is 37.7 Å². The summed E-state index contributed by atoms with van der Waals surface area (Å²) in [6.07, 6.45) is 9.83. The van der Waals surface area contributed by atoms with Gasteiger partial charge < -0.3 is 5.32 Å². The highest BCUT2D eigenvalue weighted by Gasteiger charge is 2.31. The normalized spacial score (nSPS) is 20.3. The smallest absolute Gasteiger partial charge is 0.0297 e. The van der Waals surface area contributed by atoms with Crippen LogP contribution in [0.2, 0.25) is 0 Å². The Hall–Kier alpha value is -1.08. The molecule has 0 heterocycles. The molecule has 0 radical (unpaired) electrons. The lowest BCUT2D eigenvalue weighted by Gasteiger charge is -2.40. The van der Waals surface area contributed by atoms with Crippen LogP contribution < -0.4 is 5.32 Å². The fraction of sp³-hybridized carbons (Fsp3) is 0.529. The van der Waals surface area contributed by atoms with Gasteiger partial charge in [-0.15, -0.1) is 6.58 Å². The molecule has 0 spiro atoms. The number of hydrogen-bond acceptors (Lipinski definition) is 1. The van der Waals surface area contributed by atoms with Gasteiger partial charge in [-0.05, 0) is 31.7 Å². The molecule has 1 heteroatoms. The van der Waals surface area contributed by atoms with E-state index in [2.05, 4.69) is 55.2 Å². The molecule has 0 saturated heterocycles. The molecule has 1 fully saturated rings. The zero-order valence-electron chi connectivity index (χ0n) is 11.5. The predicted octanol–water partition coefficient (Wildman–Crippen LogP) is 4.62. The molecule has 0 aliphatic heterocycles. The number of hydrogen-bond donors (Lipinski definition) is 1. The van der Waals surface area contributed by atoms with Crippen molar-refractivity contribution in [2.24, 2.45) is 0 Å². The summed E-state index contributed by atoms with van der Waals surface area (Å²) in [4.78, 5) is 0. The van der Waals surface area contributed by atoms with E-state index in [4.69, 9.17) is 0 Å². The fourth-order valence-electron chi connectivity index (χ4n) is 3.20. The largest absolute Gasteiger partial charge is 0.304 e. The minimum absolute atomic E-state index is 0.287. The van der Waals surface area contributed by atoms with E-state index in [1.54, 1.807) is 0 Å². The van der Waals surface area contributed by atoms with Gasteiger partial charge in [-0.25, -0.2) is 0 Å². The van der Waals surface area contributed by atoms with Crippen LogP contribution in [0.1, 0.15) is 57.1 Å². The molecule has 1 aromatic carbocycles. The van der Waals surface area contributed by atoms with E-state index < -0.39 is 0 Å². The monoisotopic (exact) mass is 243 g/mol. The summed E-state index contributed by atoms with van der Waals surface area (Å²) in [5.41, 5.74) is 1.67. The Kier molecular flexibility index (Phi) is 4.60. The van der Waals surface area contributed by atoms with Gasteiger partial charge in [0.25, 0.3) is 0 Å². The summed E-state index contributed by atoms with van der Waals surface area (Å²) in [6, 6.07) is 11.2. The fourth-order valence-corrected chi connectivity index (χ4v) is 3.20. The minimum atomic E-state index is 0.287. The molecule has 1 saturated carbocycles. The Bertz CT molecular complexity index is 362. The van der Waals surface area contributed by atoms with E-state index in [1.807, 2.05) is 0 Å². The van der Waals surface area contributed by atoms with Crippen LogP contribution in [0.15, 0.2) is 43.0 Å². The molecule has 1 nitrogen and oxygen atoms in total. The van der Waals surface area contributed by atoms with Crippen molar-refractivity contribution in [3.05, 3.63) is 48.6 Å². The Morgan fingerprint density at radius 2 is 1.89 bits per heavy atom. The highest BCUT2D eigenvalue weighted by Crippen LogP contribution is 2.33. The molecule has 1 aromatic rings. The third-order valence-electron chi connectivity index (χ3n) is 4.17. The van der Waals surface area contributed by atoms with Crippen molar-refractivity contribution in [1.82, 2.24) is 5.32 Å². The molecule has 0 bridgehead atoms. The average Bonchev–Trinajstić information content (AvgIpc) is 2.41. The van der Waals surface area contributed by atoms with Gasteiger partial charge in [0.05, 0.1) is 0 Å². The summed E-state index contributed by atoms with van der Waals surface area (Å²) in [5.74, 6) is 0. The van der Waals surface area contributed by atoms with Crippen LogP contribution in [0.5, 0.6) is 0 Å². The van der Waals surface area contributed by atoms with Crippen LogP contribution >= 0.6 is 0 Å². The number of nitrogens with one attached hydrogen (secondary N) is 1. The first-order valence-electron chi connectivity index (χ1n) is 7.19. The molecule has 2 rings (SSSR count). The van der Waals surface area contributed by atoms with E-state index in [0.29, 0.717) is 6.04 Å². The molecule has 0 aromatic heterocycles. The second kappa shape index (κ2) is 6.19. The Morgan fingerprint density at radius 3 is 2.50 bits per heavy atom. The van der Waals surface area contributed by atoms with Gasteiger partial charge in [-0.3, -0.25) is 0 Å². The van der Waals surface area contributed by atoms with Crippen LogP contribution in [0.4, 0.5) is 0 Å². The highest BCUT2D eigenvalue weighted by molar-refractivity contribution is 5.19. The van der Waals surface area contributed by atoms with Crippen molar-refractivity contribution >= 4 is 0 Å². The summed E-state index contributed by atoms with van der Waals surface area (Å²) < 4.78 is 0. The van der Waals surface area contributed by atoms with Gasteiger partial charge in [0.1, 0.15) is 0 Å². The number of benzene rings is 1. The molecular formula is C17H25N. The van der Waals surface area contributed by atoms with Crippen molar-refractivity contribution in [2.75, 3.05) is 0 Å². The van der Waals surface area contributed by atoms with Crippen molar-refractivity contribution < 1.29 is 0 Å². The maximum atomic E-state index is 3.94. The Labute approximate surface area is 111 Å². The van der Waals surface area contributed by atoms with Gasteiger partial charge in [-0.1, -0.05) is 55.7 Å². The lowest BCUT2D eigenvalue weighted by Crippen LogP contribution is -2.47. The SMILES string of the molecule is C=CCC1(N[C@@H](C)c2ccccc2)CCCCC1. The molecular weight excluding hydrogens is 218 g/mol. The van der Waals surface area contributed by atoms with Crippen molar-refractivity contribution in [1.29, 1.82) is 0 Å². The molecule has 18 heavy (non-hydrogen) atoms. The first kappa shape index (κ1) is 13.4. The molecule has 1 aliphatic rings. The van der Waals surface area contributed by atoms with E-state index in [9.17, 15) is 0 Å². The maximum absolute atomic E-state index is 3.94. The minimum Gasteiger partial charge on any atom is -0.304 e. The molecule has 1 N–H and O–H groups in total. The van der Waals surface area contributed by atoms with E-state index in [0.717, 1.165) is 6.42 Å². The van der Waals surface area contributed by atoms with Crippen molar-refractivity contribution in [3.8, 4) is 0 Å². The molecule has 1 aliphatic carbocycles. The predicted molar refractivity (Wildman–Crippen MR) is 78.6 cm³/mol. The lowest BCUT2D eigenvalue weighted by molar-refractivity contribution is 0.213. The second-order valence-electron chi connectivity index (χ2n) is 5.61. The third kappa shape index (κ3) is 3.23. The molecule has 1 atom stereocenters. The van der Waals surface area contributed by atoms with Crippen molar-refractivity contribution in [3.63, 3.8) is 0 Å². The van der Waals surface area contributed by atoms with E-state index >= 15 is 0 Å². The Morgan fingerprint density at radius 1 is 1.22 bits per heavy atom. The van der Waals surface area contributed by atoms with Gasteiger partial charge in [-0.2, -0.15) is 0 Å². The number of rotatable bonds is 5. The van der Waals surface area contributed by atoms with Crippen LogP contribution in [-0.4, -0.2) is 5.54 Å². The van der Waals surface area contributed by atoms with Crippen LogP contribution in [-0.2, 0) is 0 Å². The van der Waals surface area contributed by atoms with Crippen molar-refractivity contribution in [2.45, 2.75) is 57.0 Å². The summed E-state index contributed by atoms with van der Waals surface area (Å²) in [6.45, 7) is 6.21. The second-order valence-corrected chi connectivity index (χ2v) is 5.61. The summed E-state index contributed by atoms with van der Waals surface area (Å²) in [5, 5.41) is 3.88. The Balaban J connectivity index is 2.06. The first-order valence-corrected chi connectivity index (χ1v) is 7.19. The van der Waals surface area contributed by atoms with E-state index in [-0.39, 0.29) is 5.54 Å². The average molecular weight is 243 g/mol. The van der Waals surface area contributed by atoms with Gasteiger partial charge in [0, 0.05) is 11.6 Å². The quantitative estimate of drug-likeness (QED) is 0.744. The van der Waals surface area contributed by atoms with Crippen LogP contribution in [0, 0.1) is 0 Å². The summed E-state index contributed by atoms with van der Waals surface area (Å²) in [7, 11) is 0. The zero-order valence-corrected chi connectivity index (χ0v) is 11.5. The van der Waals surface area contributed by atoms with Gasteiger partial charge in [0.15, 0.2) is 0 Å². The standard InChI is InChI=1S/C17H25N/c1-3-12-17(13-8-5-9-14-17)18-15(2)16-10-6-4-7-11-16/h3-4,6-7,10-11,15,18H,1,5,8-9,12-14H2,2H3/t15-/m0/s1. The van der Waals surface area contributed by atoms with Crippen LogP contribution in [0.25, 0.3) is 0 Å². The highest BCUT2D eigenvalue weighted by atomic mass is 15.0. The zero-order chi connectivity index (χ0) is 12.8. The summed E-state index contributed by atoms with van der Waals surface area (Å²) >= 11 is 0. The van der Waals surface area contributed by atoms with Gasteiger partial charge >= 0.3 is 0 Å². The third-order valence-corrected chi connectivity index (χ3v) is 4.17. The first-order chi connectivity index (χ1) is 8.76. The van der Waals surface area contributed by atoms with Gasteiger partial charge in [0.2, 0.25) is 0 Å². The molecule has 0 amide bonds. The van der Waals surface area contributed by atoms with Crippen LogP contribution in [0.3, 0.4) is 0 Å². The topological polar surface area (TPSA) is 12.0 Å². The molecule has 98 valence electrons. The maximum Gasteiger partial charge on any atom is 0.0297 e. The lowest BCUT2D eigenvalue weighted by atomic mass is 9.78.